The van der Waals surface area contributed by atoms with Crippen LogP contribution in [0.15, 0.2) is 54.6 Å². The second-order valence-corrected chi connectivity index (χ2v) is 4.76. The van der Waals surface area contributed by atoms with E-state index >= 15 is 0 Å². The quantitative estimate of drug-likeness (QED) is 0.794. The summed E-state index contributed by atoms with van der Waals surface area (Å²) in [6.07, 6.45) is -0.863. The highest BCUT2D eigenvalue weighted by Crippen LogP contribution is 2.29. The van der Waals surface area contributed by atoms with Crippen LogP contribution in [0.4, 0.5) is 0 Å². The number of hydrogen-bond acceptors (Lipinski definition) is 3. The van der Waals surface area contributed by atoms with E-state index < -0.39 is 6.29 Å². The molecule has 2 N–H and O–H groups in total. The molecule has 0 aromatic heterocycles. The van der Waals surface area contributed by atoms with Gasteiger partial charge in [0.15, 0.2) is 6.29 Å². The lowest BCUT2D eigenvalue weighted by molar-refractivity contribution is -0.146. The fraction of sp³-hybridized carbons (Fsp3) is 0.294. The molecular formula is C17H20O3. The molecule has 0 amide bonds. The first-order valence-electron chi connectivity index (χ1n) is 6.77. The van der Waals surface area contributed by atoms with Gasteiger partial charge in [-0.2, -0.15) is 0 Å². The van der Waals surface area contributed by atoms with Crippen molar-refractivity contribution in [1.29, 1.82) is 0 Å². The summed E-state index contributed by atoms with van der Waals surface area (Å²) in [4.78, 5) is 0. The molecule has 0 saturated carbocycles. The molecule has 1 unspecified atom stereocenters. The van der Waals surface area contributed by atoms with Crippen LogP contribution in [-0.2, 0) is 4.74 Å². The van der Waals surface area contributed by atoms with Crippen molar-refractivity contribution in [2.75, 3.05) is 6.61 Å². The highest BCUT2D eigenvalue weighted by molar-refractivity contribution is 5.28. The summed E-state index contributed by atoms with van der Waals surface area (Å²) >= 11 is 0. The molecule has 106 valence electrons. The number of rotatable bonds is 6. The predicted molar refractivity (Wildman–Crippen MR) is 78.1 cm³/mol. The van der Waals surface area contributed by atoms with Crippen molar-refractivity contribution in [2.45, 2.75) is 25.7 Å². The van der Waals surface area contributed by atoms with Gasteiger partial charge in [-0.15, -0.1) is 0 Å². The maximum Gasteiger partial charge on any atom is 0.181 e. The molecule has 0 saturated heterocycles. The van der Waals surface area contributed by atoms with Gasteiger partial charge in [-0.3, -0.25) is 0 Å². The maximum atomic E-state index is 10.2. The first kappa shape index (κ1) is 14.7. The van der Waals surface area contributed by atoms with E-state index in [2.05, 4.69) is 0 Å². The Hall–Kier alpha value is -1.68. The summed E-state index contributed by atoms with van der Waals surface area (Å²) in [5.74, 6) is 0. The summed E-state index contributed by atoms with van der Waals surface area (Å²) in [7, 11) is 0. The van der Waals surface area contributed by atoms with Gasteiger partial charge in [0, 0.05) is 18.6 Å². The smallest absolute Gasteiger partial charge is 0.181 e. The van der Waals surface area contributed by atoms with Crippen LogP contribution >= 0.6 is 0 Å². The minimum Gasteiger partial charge on any atom is -0.396 e. The van der Waals surface area contributed by atoms with E-state index in [4.69, 9.17) is 4.74 Å². The van der Waals surface area contributed by atoms with Gasteiger partial charge < -0.3 is 14.9 Å². The highest BCUT2D eigenvalue weighted by Gasteiger charge is 2.18. The summed E-state index contributed by atoms with van der Waals surface area (Å²) in [6.45, 7) is 2.01. The minimum atomic E-state index is -0.993. The lowest BCUT2D eigenvalue weighted by atomic mass is 10.0. The number of aliphatic hydroxyl groups is 2. The molecule has 0 heterocycles. The molecule has 0 aliphatic carbocycles. The Morgan fingerprint density at radius 1 is 1.00 bits per heavy atom. The number of aliphatic hydroxyl groups excluding tert-OH is 2. The van der Waals surface area contributed by atoms with E-state index in [-0.39, 0.29) is 12.7 Å². The Kier molecular flexibility index (Phi) is 5.30. The largest absolute Gasteiger partial charge is 0.396 e. The number of benzene rings is 2. The molecule has 0 spiro atoms. The van der Waals surface area contributed by atoms with E-state index in [9.17, 15) is 10.2 Å². The molecule has 2 rings (SSSR count). The Morgan fingerprint density at radius 3 is 2.30 bits per heavy atom. The zero-order chi connectivity index (χ0) is 14.4. The van der Waals surface area contributed by atoms with E-state index in [0.29, 0.717) is 12.0 Å². The number of hydrogen-bond donors (Lipinski definition) is 2. The average molecular weight is 272 g/mol. The lowest BCUT2D eigenvalue weighted by Crippen LogP contribution is -2.12. The first-order valence-corrected chi connectivity index (χ1v) is 6.77. The van der Waals surface area contributed by atoms with E-state index in [1.165, 1.54) is 0 Å². The molecule has 0 aliphatic rings. The molecule has 0 fully saturated rings. The van der Waals surface area contributed by atoms with Crippen molar-refractivity contribution in [3.8, 4) is 0 Å². The molecule has 3 heteroatoms. The maximum absolute atomic E-state index is 10.2. The number of ether oxygens (including phenoxy) is 1. The minimum absolute atomic E-state index is 0.0144. The Balaban J connectivity index is 2.16. The van der Waals surface area contributed by atoms with E-state index in [0.717, 1.165) is 11.1 Å². The molecule has 0 aliphatic heterocycles. The van der Waals surface area contributed by atoms with Crippen LogP contribution in [0.25, 0.3) is 0 Å². The molecule has 0 bridgehead atoms. The van der Waals surface area contributed by atoms with Crippen LogP contribution in [0.5, 0.6) is 0 Å². The van der Waals surface area contributed by atoms with E-state index in [1.807, 2.05) is 61.5 Å². The molecule has 3 nitrogen and oxygen atoms in total. The molecule has 0 radical (unpaired) electrons. The predicted octanol–water partition coefficient (Wildman–Crippen LogP) is 3.13. The lowest BCUT2D eigenvalue weighted by Gasteiger charge is -2.23. The zero-order valence-electron chi connectivity index (χ0n) is 11.6. The van der Waals surface area contributed by atoms with Crippen LogP contribution in [-0.4, -0.2) is 16.8 Å². The van der Waals surface area contributed by atoms with Crippen molar-refractivity contribution in [2.24, 2.45) is 0 Å². The Bertz CT molecular complexity index is 525. The SMILES string of the molecule is Cc1ccccc1[C@@H](CCO)OC(O)c1ccccc1. The fourth-order valence-corrected chi connectivity index (χ4v) is 2.21. The highest BCUT2D eigenvalue weighted by atomic mass is 16.6. The summed E-state index contributed by atoms with van der Waals surface area (Å²) in [5, 5.41) is 19.4. The molecule has 2 aromatic carbocycles. The standard InChI is InChI=1S/C17H20O3/c1-13-7-5-6-10-15(13)16(11-12-18)20-17(19)14-8-3-2-4-9-14/h2-10,16-19H,11-12H2,1H3/t16-,17?/m1/s1. The van der Waals surface area contributed by atoms with Crippen LogP contribution in [0, 0.1) is 6.92 Å². The van der Waals surface area contributed by atoms with Crippen molar-refractivity contribution >= 4 is 0 Å². The fourth-order valence-electron chi connectivity index (χ4n) is 2.21. The second kappa shape index (κ2) is 7.20. The molecular weight excluding hydrogens is 252 g/mol. The van der Waals surface area contributed by atoms with Gasteiger partial charge in [0.25, 0.3) is 0 Å². The van der Waals surface area contributed by atoms with Crippen molar-refractivity contribution in [1.82, 2.24) is 0 Å². The van der Waals surface area contributed by atoms with Crippen molar-refractivity contribution < 1.29 is 14.9 Å². The summed E-state index contributed by atoms with van der Waals surface area (Å²) < 4.78 is 5.74. The van der Waals surface area contributed by atoms with Gasteiger partial charge in [-0.25, -0.2) is 0 Å². The van der Waals surface area contributed by atoms with Crippen LogP contribution in [0.2, 0.25) is 0 Å². The van der Waals surface area contributed by atoms with E-state index in [1.54, 1.807) is 0 Å². The first-order chi connectivity index (χ1) is 9.72. The molecule has 2 aromatic rings. The topological polar surface area (TPSA) is 49.7 Å². The third-order valence-electron chi connectivity index (χ3n) is 3.30. The van der Waals surface area contributed by atoms with Gasteiger partial charge in [-0.1, -0.05) is 54.6 Å². The van der Waals surface area contributed by atoms with Crippen molar-refractivity contribution in [3.05, 3.63) is 71.3 Å². The van der Waals surface area contributed by atoms with Gasteiger partial charge in [0.05, 0.1) is 6.10 Å². The van der Waals surface area contributed by atoms with Gasteiger partial charge in [-0.05, 0) is 18.1 Å². The van der Waals surface area contributed by atoms with Crippen molar-refractivity contribution in [3.63, 3.8) is 0 Å². The number of aryl methyl sites for hydroxylation is 1. The third-order valence-corrected chi connectivity index (χ3v) is 3.30. The normalized spacial score (nSPS) is 13.9. The second-order valence-electron chi connectivity index (χ2n) is 4.76. The van der Waals surface area contributed by atoms with Crippen LogP contribution in [0.1, 0.15) is 35.5 Å². The Morgan fingerprint density at radius 2 is 1.65 bits per heavy atom. The van der Waals surface area contributed by atoms with Gasteiger partial charge >= 0.3 is 0 Å². The zero-order valence-corrected chi connectivity index (χ0v) is 11.6. The molecule has 20 heavy (non-hydrogen) atoms. The third kappa shape index (κ3) is 3.67. The van der Waals surface area contributed by atoms with Crippen LogP contribution < -0.4 is 0 Å². The average Bonchev–Trinajstić information content (AvgIpc) is 2.48. The molecule has 2 atom stereocenters. The monoisotopic (exact) mass is 272 g/mol. The van der Waals surface area contributed by atoms with Gasteiger partial charge in [0.1, 0.15) is 0 Å². The van der Waals surface area contributed by atoms with Crippen LogP contribution in [0.3, 0.4) is 0 Å². The Labute approximate surface area is 119 Å². The summed E-state index contributed by atoms with van der Waals surface area (Å²) in [6, 6.07) is 17.1. The summed E-state index contributed by atoms with van der Waals surface area (Å²) in [5.41, 5.74) is 2.80. The van der Waals surface area contributed by atoms with Gasteiger partial charge in [0.2, 0.25) is 0 Å².